The normalized spacial score (nSPS) is 11.4. The summed E-state index contributed by atoms with van der Waals surface area (Å²) in [5.41, 5.74) is 0.296. The third kappa shape index (κ3) is 3.92. The highest BCUT2D eigenvalue weighted by Crippen LogP contribution is 2.23. The Morgan fingerprint density at radius 3 is 2.57 bits per heavy atom. The molecular formula is C14H13FINO3S. The Morgan fingerprint density at radius 2 is 1.95 bits per heavy atom. The first-order valence-electron chi connectivity index (χ1n) is 6.00. The fraction of sp³-hybridized carbons (Fsp3) is 0.143. The summed E-state index contributed by atoms with van der Waals surface area (Å²) in [7, 11) is -2.18. The van der Waals surface area contributed by atoms with Crippen molar-refractivity contribution in [1.82, 2.24) is 4.72 Å². The van der Waals surface area contributed by atoms with E-state index in [0.717, 1.165) is 0 Å². The minimum atomic E-state index is -3.70. The van der Waals surface area contributed by atoms with E-state index in [9.17, 15) is 12.8 Å². The molecule has 112 valence electrons. The van der Waals surface area contributed by atoms with Crippen LogP contribution >= 0.6 is 22.6 Å². The van der Waals surface area contributed by atoms with Gasteiger partial charge in [0.15, 0.2) is 0 Å². The molecule has 1 N–H and O–H groups in total. The lowest BCUT2D eigenvalue weighted by atomic mass is 10.2. The predicted octanol–water partition coefficient (Wildman–Crippen LogP) is 2.92. The molecule has 0 fully saturated rings. The van der Waals surface area contributed by atoms with Gasteiger partial charge in [0.05, 0.1) is 15.6 Å². The lowest BCUT2D eigenvalue weighted by Crippen LogP contribution is -2.23. The number of rotatable bonds is 5. The molecular weight excluding hydrogens is 408 g/mol. The van der Waals surface area contributed by atoms with Gasteiger partial charge in [-0.15, -0.1) is 0 Å². The maximum Gasteiger partial charge on any atom is 0.240 e. The third-order valence-electron chi connectivity index (χ3n) is 2.84. The smallest absolute Gasteiger partial charge is 0.240 e. The molecule has 2 aromatic carbocycles. The summed E-state index contributed by atoms with van der Waals surface area (Å²) in [5, 5.41) is 0. The quantitative estimate of drug-likeness (QED) is 0.756. The van der Waals surface area contributed by atoms with Crippen molar-refractivity contribution in [2.24, 2.45) is 0 Å². The summed E-state index contributed by atoms with van der Waals surface area (Å²) < 4.78 is 46.0. The van der Waals surface area contributed by atoms with Crippen LogP contribution in [0.15, 0.2) is 47.4 Å². The fourth-order valence-corrected chi connectivity index (χ4v) is 3.69. The zero-order chi connectivity index (χ0) is 15.5. The lowest BCUT2D eigenvalue weighted by Gasteiger charge is -2.09. The fourth-order valence-electron chi connectivity index (χ4n) is 1.71. The number of nitrogens with one attached hydrogen (secondary N) is 1. The van der Waals surface area contributed by atoms with Gasteiger partial charge in [0.2, 0.25) is 10.0 Å². The summed E-state index contributed by atoms with van der Waals surface area (Å²) >= 11 is 1.99. The molecule has 0 amide bonds. The highest BCUT2D eigenvalue weighted by atomic mass is 127. The van der Waals surface area contributed by atoms with Crippen molar-refractivity contribution in [3.05, 3.63) is 57.4 Å². The van der Waals surface area contributed by atoms with Crippen molar-refractivity contribution in [3.8, 4) is 5.75 Å². The molecule has 0 saturated carbocycles. The molecule has 0 radical (unpaired) electrons. The molecule has 0 bridgehead atoms. The molecule has 4 nitrogen and oxygen atoms in total. The zero-order valence-electron chi connectivity index (χ0n) is 11.1. The third-order valence-corrected chi connectivity index (χ3v) is 5.09. The number of ether oxygens (including phenoxy) is 1. The van der Waals surface area contributed by atoms with Crippen molar-refractivity contribution in [3.63, 3.8) is 0 Å². The number of methoxy groups -OCH3 is 1. The van der Waals surface area contributed by atoms with E-state index in [-0.39, 0.29) is 11.4 Å². The molecule has 0 aliphatic heterocycles. The number of benzene rings is 2. The van der Waals surface area contributed by atoms with Gasteiger partial charge in [-0.25, -0.2) is 17.5 Å². The summed E-state index contributed by atoms with van der Waals surface area (Å²) in [5.74, 6) is 0.160. The molecule has 2 rings (SSSR count). The van der Waals surface area contributed by atoms with E-state index in [1.807, 2.05) is 22.6 Å². The second kappa shape index (κ2) is 6.71. The summed E-state index contributed by atoms with van der Waals surface area (Å²) in [6.45, 7) is -0.0996. The first kappa shape index (κ1) is 16.2. The van der Waals surface area contributed by atoms with E-state index in [4.69, 9.17) is 4.74 Å². The van der Waals surface area contributed by atoms with E-state index in [1.54, 1.807) is 18.2 Å². The standard InChI is InChI=1S/C14H13FINO3S/c1-20-14-7-6-11(8-13(14)16)21(18,19)17-9-10-4-2-3-5-12(10)15/h2-8,17H,9H2,1H3. The Balaban J connectivity index is 2.19. The van der Waals surface area contributed by atoms with Crippen LogP contribution in [0.3, 0.4) is 0 Å². The van der Waals surface area contributed by atoms with Crippen LogP contribution in [0, 0.1) is 9.39 Å². The van der Waals surface area contributed by atoms with Crippen LogP contribution < -0.4 is 9.46 Å². The predicted molar refractivity (Wildman–Crippen MR) is 86.1 cm³/mol. The SMILES string of the molecule is COc1ccc(S(=O)(=O)NCc2ccccc2F)cc1I. The second-order valence-electron chi connectivity index (χ2n) is 4.21. The van der Waals surface area contributed by atoms with Gasteiger partial charge in [-0.05, 0) is 46.9 Å². The minimum Gasteiger partial charge on any atom is -0.496 e. The van der Waals surface area contributed by atoms with Crippen LogP contribution in [0.4, 0.5) is 4.39 Å². The van der Waals surface area contributed by atoms with Crippen molar-refractivity contribution >= 4 is 32.6 Å². The molecule has 0 heterocycles. The highest BCUT2D eigenvalue weighted by Gasteiger charge is 2.16. The Kier molecular flexibility index (Phi) is 5.17. The molecule has 2 aromatic rings. The van der Waals surface area contributed by atoms with E-state index >= 15 is 0 Å². The number of hydrogen-bond donors (Lipinski definition) is 1. The monoisotopic (exact) mass is 421 g/mol. The van der Waals surface area contributed by atoms with E-state index < -0.39 is 15.8 Å². The average Bonchev–Trinajstić information content (AvgIpc) is 2.46. The van der Waals surface area contributed by atoms with Crippen molar-refractivity contribution in [2.45, 2.75) is 11.4 Å². The number of hydrogen-bond acceptors (Lipinski definition) is 3. The van der Waals surface area contributed by atoms with Gasteiger partial charge in [-0.1, -0.05) is 18.2 Å². The molecule has 0 aliphatic rings. The van der Waals surface area contributed by atoms with Crippen molar-refractivity contribution < 1.29 is 17.5 Å². The number of halogens is 2. The minimum absolute atomic E-state index is 0.0996. The van der Waals surface area contributed by atoms with Crippen LogP contribution in [0.1, 0.15) is 5.56 Å². The summed E-state index contributed by atoms with van der Waals surface area (Å²) in [6.07, 6.45) is 0. The first-order chi connectivity index (χ1) is 9.94. The second-order valence-corrected chi connectivity index (χ2v) is 7.14. The molecule has 21 heavy (non-hydrogen) atoms. The van der Waals surface area contributed by atoms with Gasteiger partial charge in [0, 0.05) is 12.1 Å². The van der Waals surface area contributed by atoms with E-state index in [0.29, 0.717) is 14.9 Å². The highest BCUT2D eigenvalue weighted by molar-refractivity contribution is 14.1. The van der Waals surface area contributed by atoms with Gasteiger partial charge in [0.25, 0.3) is 0 Å². The van der Waals surface area contributed by atoms with E-state index in [1.165, 1.54) is 31.4 Å². The van der Waals surface area contributed by atoms with Gasteiger partial charge >= 0.3 is 0 Å². The zero-order valence-corrected chi connectivity index (χ0v) is 14.1. The van der Waals surface area contributed by atoms with Crippen molar-refractivity contribution in [2.75, 3.05) is 7.11 Å². The van der Waals surface area contributed by atoms with Gasteiger partial charge in [0.1, 0.15) is 11.6 Å². The van der Waals surface area contributed by atoms with Gasteiger partial charge in [-0.3, -0.25) is 0 Å². The van der Waals surface area contributed by atoms with Crippen LogP contribution in [0.25, 0.3) is 0 Å². The van der Waals surface area contributed by atoms with E-state index in [2.05, 4.69) is 4.72 Å². The Labute approximate surface area is 136 Å². The molecule has 0 unspecified atom stereocenters. The van der Waals surface area contributed by atoms with Crippen LogP contribution in [-0.2, 0) is 16.6 Å². The van der Waals surface area contributed by atoms with Gasteiger partial charge in [-0.2, -0.15) is 0 Å². The molecule has 0 spiro atoms. The molecule has 0 aromatic heterocycles. The Morgan fingerprint density at radius 1 is 1.24 bits per heavy atom. The summed E-state index contributed by atoms with van der Waals surface area (Å²) in [6, 6.07) is 10.6. The molecule has 0 saturated heterocycles. The Hall–Kier alpha value is -1.19. The Bertz CT molecular complexity index is 750. The topological polar surface area (TPSA) is 55.4 Å². The maximum atomic E-state index is 13.5. The lowest BCUT2D eigenvalue weighted by molar-refractivity contribution is 0.411. The van der Waals surface area contributed by atoms with Crippen molar-refractivity contribution in [1.29, 1.82) is 0 Å². The number of sulfonamides is 1. The maximum absolute atomic E-state index is 13.5. The average molecular weight is 421 g/mol. The molecule has 0 aliphatic carbocycles. The molecule has 7 heteroatoms. The first-order valence-corrected chi connectivity index (χ1v) is 8.57. The van der Waals surface area contributed by atoms with Gasteiger partial charge < -0.3 is 4.74 Å². The summed E-state index contributed by atoms with van der Waals surface area (Å²) in [4.78, 5) is 0.115. The van der Waals surface area contributed by atoms with Crippen LogP contribution in [0.5, 0.6) is 5.75 Å². The van der Waals surface area contributed by atoms with Crippen LogP contribution in [0.2, 0.25) is 0 Å². The molecule has 0 atom stereocenters. The largest absolute Gasteiger partial charge is 0.496 e. The van der Waals surface area contributed by atoms with Crippen LogP contribution in [-0.4, -0.2) is 15.5 Å².